The van der Waals surface area contributed by atoms with Crippen LogP contribution >= 0.6 is 11.3 Å². The summed E-state index contributed by atoms with van der Waals surface area (Å²) in [5.74, 6) is 0.998. The van der Waals surface area contributed by atoms with Gasteiger partial charge in [0.25, 0.3) is 0 Å². The van der Waals surface area contributed by atoms with E-state index in [0.29, 0.717) is 18.8 Å². The molecule has 2 fully saturated rings. The lowest BCUT2D eigenvalue weighted by molar-refractivity contribution is -0.0721. The number of nitrogens with zero attached hydrogens (tertiary/aromatic N) is 3. The van der Waals surface area contributed by atoms with Crippen LogP contribution in [0.2, 0.25) is 0 Å². The van der Waals surface area contributed by atoms with Gasteiger partial charge < -0.3 is 19.7 Å². The van der Waals surface area contributed by atoms with E-state index in [1.54, 1.807) is 11.3 Å². The smallest absolute Gasteiger partial charge is 0.194 e. The number of nitrogens with one attached hydrogen (secondary N) is 1. The number of hydrogen-bond donors (Lipinski definition) is 1. The Morgan fingerprint density at radius 3 is 2.85 bits per heavy atom. The molecule has 3 heterocycles. The van der Waals surface area contributed by atoms with Gasteiger partial charge in [0.1, 0.15) is 0 Å². The molecule has 0 saturated carbocycles. The lowest BCUT2D eigenvalue weighted by Gasteiger charge is -2.35. The number of hydrogen-bond acceptors (Lipinski definition) is 5. The average Bonchev–Trinajstić information content (AvgIpc) is 3.19. The Balaban J connectivity index is 1.45. The number of aromatic nitrogens is 1. The van der Waals surface area contributed by atoms with Gasteiger partial charge in [0, 0.05) is 31.6 Å². The molecule has 7 heteroatoms. The molecule has 1 atom stereocenters. The SMILES string of the molecule is CCNC(=NCc1csc(CC)n1)N1CCC(OCC2CCCCO2)CC1. The Kier molecular flexibility index (Phi) is 8.35. The maximum atomic E-state index is 6.13. The van der Waals surface area contributed by atoms with Gasteiger partial charge in [-0.25, -0.2) is 9.98 Å². The van der Waals surface area contributed by atoms with Crippen LogP contribution in [0, 0.1) is 0 Å². The van der Waals surface area contributed by atoms with E-state index in [2.05, 4.69) is 34.4 Å². The summed E-state index contributed by atoms with van der Waals surface area (Å²) in [5.41, 5.74) is 1.07. The van der Waals surface area contributed by atoms with Gasteiger partial charge in [-0.05, 0) is 45.4 Å². The van der Waals surface area contributed by atoms with Gasteiger partial charge in [0.2, 0.25) is 0 Å². The quantitative estimate of drug-likeness (QED) is 0.568. The normalized spacial score (nSPS) is 22.2. The summed E-state index contributed by atoms with van der Waals surface area (Å²) >= 11 is 1.73. The van der Waals surface area contributed by atoms with Crippen LogP contribution in [0.15, 0.2) is 10.4 Å². The first-order valence-electron chi connectivity index (χ1n) is 10.5. The topological polar surface area (TPSA) is 59.0 Å². The Morgan fingerprint density at radius 1 is 1.33 bits per heavy atom. The first kappa shape index (κ1) is 20.6. The maximum Gasteiger partial charge on any atom is 0.194 e. The summed E-state index contributed by atoms with van der Waals surface area (Å²) < 4.78 is 11.9. The predicted molar refractivity (Wildman–Crippen MR) is 110 cm³/mol. The highest BCUT2D eigenvalue weighted by Crippen LogP contribution is 2.18. The first-order valence-corrected chi connectivity index (χ1v) is 11.4. The maximum absolute atomic E-state index is 6.13. The van der Waals surface area contributed by atoms with Gasteiger partial charge in [-0.2, -0.15) is 0 Å². The molecule has 6 nitrogen and oxygen atoms in total. The van der Waals surface area contributed by atoms with Crippen molar-refractivity contribution in [1.82, 2.24) is 15.2 Å². The number of thiazole rings is 1. The lowest BCUT2D eigenvalue weighted by Crippen LogP contribution is -2.47. The second kappa shape index (κ2) is 11.0. The molecule has 1 aromatic rings. The largest absolute Gasteiger partial charge is 0.376 e. The number of likely N-dealkylation sites (tertiary alicyclic amines) is 1. The minimum absolute atomic E-state index is 0.307. The van der Waals surface area contributed by atoms with E-state index in [9.17, 15) is 0 Å². The highest BCUT2D eigenvalue weighted by atomic mass is 32.1. The third-order valence-electron chi connectivity index (χ3n) is 5.16. The van der Waals surface area contributed by atoms with Gasteiger partial charge >= 0.3 is 0 Å². The molecule has 0 bridgehead atoms. The number of rotatable bonds is 7. The molecule has 0 amide bonds. The molecule has 2 aliphatic rings. The van der Waals surface area contributed by atoms with Crippen LogP contribution < -0.4 is 5.32 Å². The number of aliphatic imine (C=N–C) groups is 1. The van der Waals surface area contributed by atoms with Crippen LogP contribution in [-0.4, -0.2) is 60.9 Å². The van der Waals surface area contributed by atoms with Crippen LogP contribution in [0.3, 0.4) is 0 Å². The van der Waals surface area contributed by atoms with E-state index < -0.39 is 0 Å². The first-order chi connectivity index (χ1) is 13.3. The van der Waals surface area contributed by atoms with Gasteiger partial charge in [0.15, 0.2) is 5.96 Å². The second-order valence-corrected chi connectivity index (χ2v) is 8.21. The highest BCUT2D eigenvalue weighted by Gasteiger charge is 2.23. The minimum Gasteiger partial charge on any atom is -0.376 e. The zero-order valence-corrected chi connectivity index (χ0v) is 17.6. The molecule has 1 aromatic heterocycles. The van der Waals surface area contributed by atoms with Crippen molar-refractivity contribution in [2.75, 3.05) is 32.8 Å². The molecule has 27 heavy (non-hydrogen) atoms. The number of piperidine rings is 1. The molecule has 3 rings (SSSR count). The van der Waals surface area contributed by atoms with Gasteiger partial charge in [-0.3, -0.25) is 0 Å². The summed E-state index contributed by atoms with van der Waals surface area (Å²) in [5, 5.41) is 6.74. The molecule has 2 aliphatic heterocycles. The predicted octanol–water partition coefficient (Wildman–Crippen LogP) is 3.22. The van der Waals surface area contributed by atoms with Crippen LogP contribution in [0.4, 0.5) is 0 Å². The van der Waals surface area contributed by atoms with Crippen molar-refractivity contribution in [2.45, 2.75) is 71.1 Å². The molecule has 0 aliphatic carbocycles. The molecular formula is C20H34N4O2S. The summed E-state index contributed by atoms with van der Waals surface area (Å²) in [4.78, 5) is 11.8. The summed E-state index contributed by atoms with van der Waals surface area (Å²) in [6, 6.07) is 0. The van der Waals surface area contributed by atoms with Crippen molar-refractivity contribution in [1.29, 1.82) is 0 Å². The molecule has 1 N–H and O–H groups in total. The Hall–Kier alpha value is -1.18. The Labute approximate surface area is 167 Å². The lowest BCUT2D eigenvalue weighted by atomic mass is 10.1. The van der Waals surface area contributed by atoms with E-state index in [4.69, 9.17) is 14.5 Å². The van der Waals surface area contributed by atoms with Crippen molar-refractivity contribution in [3.8, 4) is 0 Å². The van der Waals surface area contributed by atoms with Crippen molar-refractivity contribution in [3.63, 3.8) is 0 Å². The van der Waals surface area contributed by atoms with E-state index in [1.165, 1.54) is 17.8 Å². The molecule has 1 unspecified atom stereocenters. The van der Waals surface area contributed by atoms with Crippen molar-refractivity contribution >= 4 is 17.3 Å². The summed E-state index contributed by atoms with van der Waals surface area (Å²) in [7, 11) is 0. The standard InChI is InChI=1S/C20H34N4O2S/c1-3-19-23-16(15-27-19)13-22-20(21-4-2)24-10-8-17(9-11-24)26-14-18-7-5-6-12-25-18/h15,17-18H,3-14H2,1-2H3,(H,21,22). The highest BCUT2D eigenvalue weighted by molar-refractivity contribution is 7.09. The van der Waals surface area contributed by atoms with Crippen molar-refractivity contribution < 1.29 is 9.47 Å². The molecule has 0 radical (unpaired) electrons. The average molecular weight is 395 g/mol. The van der Waals surface area contributed by atoms with Crippen LogP contribution in [0.5, 0.6) is 0 Å². The van der Waals surface area contributed by atoms with E-state index in [0.717, 1.165) is 70.2 Å². The van der Waals surface area contributed by atoms with Gasteiger partial charge in [0.05, 0.1) is 36.1 Å². The second-order valence-electron chi connectivity index (χ2n) is 7.26. The zero-order chi connectivity index (χ0) is 18.9. The minimum atomic E-state index is 0.307. The van der Waals surface area contributed by atoms with Crippen LogP contribution in [0.1, 0.15) is 56.7 Å². The molecule has 152 valence electrons. The molecule has 2 saturated heterocycles. The number of guanidine groups is 1. The third-order valence-corrected chi connectivity index (χ3v) is 6.20. The van der Waals surface area contributed by atoms with E-state index >= 15 is 0 Å². The Morgan fingerprint density at radius 2 is 2.19 bits per heavy atom. The fourth-order valence-electron chi connectivity index (χ4n) is 3.58. The molecular weight excluding hydrogens is 360 g/mol. The Bertz CT molecular complexity index is 578. The van der Waals surface area contributed by atoms with Gasteiger partial charge in [-0.15, -0.1) is 11.3 Å². The van der Waals surface area contributed by atoms with E-state index in [1.807, 2.05) is 0 Å². The molecule has 0 aromatic carbocycles. The fraction of sp³-hybridized carbons (Fsp3) is 0.800. The van der Waals surface area contributed by atoms with Crippen molar-refractivity contribution in [2.24, 2.45) is 4.99 Å². The van der Waals surface area contributed by atoms with Crippen molar-refractivity contribution in [3.05, 3.63) is 16.1 Å². The third kappa shape index (κ3) is 6.43. The summed E-state index contributed by atoms with van der Waals surface area (Å²) in [6.45, 7) is 9.41. The summed E-state index contributed by atoms with van der Waals surface area (Å²) in [6.07, 6.45) is 7.36. The van der Waals surface area contributed by atoms with Crippen LogP contribution in [-0.2, 0) is 22.4 Å². The number of aryl methyl sites for hydroxylation is 1. The van der Waals surface area contributed by atoms with Crippen LogP contribution in [0.25, 0.3) is 0 Å². The monoisotopic (exact) mass is 394 g/mol. The fourth-order valence-corrected chi connectivity index (χ4v) is 4.32. The van der Waals surface area contributed by atoms with Gasteiger partial charge in [-0.1, -0.05) is 6.92 Å². The molecule has 0 spiro atoms. The zero-order valence-electron chi connectivity index (χ0n) is 16.8. The van der Waals surface area contributed by atoms with E-state index in [-0.39, 0.29) is 0 Å². The number of ether oxygens (including phenoxy) is 2.